The largest absolute Gasteiger partial charge is 0.464 e. The van der Waals surface area contributed by atoms with Gasteiger partial charge in [0.2, 0.25) is 11.9 Å². The van der Waals surface area contributed by atoms with E-state index >= 15 is 0 Å². The SMILES string of the molecule is CC1=C(C(N)=O)C(c2ccc(C)o2)n2nc(-c3ccccc3Cl)nc2N1. The third kappa shape index (κ3) is 2.57. The summed E-state index contributed by atoms with van der Waals surface area (Å²) in [5, 5.41) is 8.21. The Balaban J connectivity index is 1.90. The van der Waals surface area contributed by atoms with E-state index in [0.717, 1.165) is 5.76 Å². The summed E-state index contributed by atoms with van der Waals surface area (Å²) < 4.78 is 7.36. The maximum atomic E-state index is 12.1. The van der Waals surface area contributed by atoms with Crippen molar-refractivity contribution in [3.8, 4) is 11.4 Å². The minimum Gasteiger partial charge on any atom is -0.464 e. The summed E-state index contributed by atoms with van der Waals surface area (Å²) in [4.78, 5) is 16.6. The molecule has 0 bridgehead atoms. The van der Waals surface area contributed by atoms with Gasteiger partial charge < -0.3 is 15.5 Å². The number of allylic oxidation sites excluding steroid dienone is 1. The first-order valence-electron chi connectivity index (χ1n) is 8.01. The van der Waals surface area contributed by atoms with E-state index in [9.17, 15) is 4.79 Å². The van der Waals surface area contributed by atoms with Crippen molar-refractivity contribution in [3.05, 3.63) is 64.2 Å². The van der Waals surface area contributed by atoms with Gasteiger partial charge in [0, 0.05) is 11.3 Å². The second-order valence-corrected chi connectivity index (χ2v) is 6.47. The molecule has 3 aromatic rings. The van der Waals surface area contributed by atoms with Crippen LogP contribution in [0, 0.1) is 6.92 Å². The monoisotopic (exact) mass is 369 g/mol. The lowest BCUT2D eigenvalue weighted by atomic mass is 10.0. The molecule has 1 unspecified atom stereocenters. The second kappa shape index (κ2) is 6.03. The van der Waals surface area contributed by atoms with Crippen molar-refractivity contribution in [2.45, 2.75) is 19.9 Å². The van der Waals surface area contributed by atoms with E-state index < -0.39 is 11.9 Å². The summed E-state index contributed by atoms with van der Waals surface area (Å²) in [7, 11) is 0. The lowest BCUT2D eigenvalue weighted by molar-refractivity contribution is -0.115. The molecular formula is C18H16ClN5O2. The van der Waals surface area contributed by atoms with Crippen LogP contribution in [0.1, 0.15) is 24.5 Å². The number of benzene rings is 1. The van der Waals surface area contributed by atoms with Gasteiger partial charge in [0.05, 0.1) is 10.6 Å². The summed E-state index contributed by atoms with van der Waals surface area (Å²) in [6.45, 7) is 3.61. The van der Waals surface area contributed by atoms with Gasteiger partial charge in [0.15, 0.2) is 5.82 Å². The molecule has 1 aliphatic rings. The van der Waals surface area contributed by atoms with Crippen LogP contribution in [-0.2, 0) is 4.79 Å². The van der Waals surface area contributed by atoms with Gasteiger partial charge in [0.1, 0.15) is 17.6 Å². The van der Waals surface area contributed by atoms with Crippen molar-refractivity contribution >= 4 is 23.5 Å². The van der Waals surface area contributed by atoms with Gasteiger partial charge in [-0.05, 0) is 38.1 Å². The van der Waals surface area contributed by atoms with Crippen molar-refractivity contribution < 1.29 is 9.21 Å². The number of nitrogens with two attached hydrogens (primary N) is 1. The van der Waals surface area contributed by atoms with E-state index in [-0.39, 0.29) is 0 Å². The number of rotatable bonds is 3. The van der Waals surface area contributed by atoms with Gasteiger partial charge >= 0.3 is 0 Å². The van der Waals surface area contributed by atoms with Gasteiger partial charge in [-0.25, -0.2) is 4.68 Å². The summed E-state index contributed by atoms with van der Waals surface area (Å²) >= 11 is 6.27. The molecule has 132 valence electrons. The average molecular weight is 370 g/mol. The van der Waals surface area contributed by atoms with Gasteiger partial charge in [-0.3, -0.25) is 4.79 Å². The molecule has 0 radical (unpaired) electrons. The number of furan rings is 1. The Labute approximate surface area is 154 Å². The molecule has 3 heterocycles. The fourth-order valence-corrected chi connectivity index (χ4v) is 3.31. The molecular weight excluding hydrogens is 354 g/mol. The summed E-state index contributed by atoms with van der Waals surface area (Å²) in [5.41, 5.74) is 7.32. The van der Waals surface area contributed by atoms with Crippen molar-refractivity contribution in [2.75, 3.05) is 5.32 Å². The number of amides is 1. The number of primary amides is 1. The Morgan fingerprint density at radius 1 is 1.27 bits per heavy atom. The minimum atomic E-state index is -0.596. The van der Waals surface area contributed by atoms with Crippen LogP contribution in [0.4, 0.5) is 5.95 Å². The van der Waals surface area contributed by atoms with Crippen LogP contribution in [0.5, 0.6) is 0 Å². The number of anilines is 1. The average Bonchev–Trinajstić information content (AvgIpc) is 3.19. The van der Waals surface area contributed by atoms with Crippen LogP contribution in [0.2, 0.25) is 5.02 Å². The molecule has 1 aromatic carbocycles. The summed E-state index contributed by atoms with van der Waals surface area (Å²) in [6.07, 6.45) is 0. The maximum absolute atomic E-state index is 12.1. The van der Waals surface area contributed by atoms with Crippen LogP contribution < -0.4 is 11.1 Å². The van der Waals surface area contributed by atoms with Crippen LogP contribution >= 0.6 is 11.6 Å². The van der Waals surface area contributed by atoms with Crippen molar-refractivity contribution in [1.29, 1.82) is 0 Å². The molecule has 0 fully saturated rings. The van der Waals surface area contributed by atoms with E-state index in [1.165, 1.54) is 0 Å². The minimum absolute atomic E-state index is 0.377. The third-order valence-corrected chi connectivity index (χ3v) is 4.59. The number of carbonyl (C=O) groups is 1. The molecule has 0 saturated heterocycles. The van der Waals surface area contributed by atoms with Gasteiger partial charge in [-0.15, -0.1) is 5.10 Å². The number of nitrogens with one attached hydrogen (secondary N) is 1. The summed E-state index contributed by atoms with van der Waals surface area (Å²) in [6, 6.07) is 10.4. The molecule has 7 nitrogen and oxygen atoms in total. The Bertz CT molecular complexity index is 1050. The van der Waals surface area contributed by atoms with Gasteiger partial charge in [-0.1, -0.05) is 23.7 Å². The fraction of sp³-hybridized carbons (Fsp3) is 0.167. The Morgan fingerprint density at radius 2 is 2.04 bits per heavy atom. The van der Waals surface area contributed by atoms with Crippen molar-refractivity contribution in [3.63, 3.8) is 0 Å². The number of carbonyl (C=O) groups excluding carboxylic acids is 1. The highest BCUT2D eigenvalue weighted by molar-refractivity contribution is 6.33. The zero-order valence-electron chi connectivity index (χ0n) is 14.2. The highest BCUT2D eigenvalue weighted by atomic mass is 35.5. The molecule has 1 amide bonds. The van der Waals surface area contributed by atoms with Crippen LogP contribution in [-0.4, -0.2) is 20.7 Å². The number of hydrogen-bond donors (Lipinski definition) is 2. The first-order valence-corrected chi connectivity index (χ1v) is 8.39. The topological polar surface area (TPSA) is 99.0 Å². The molecule has 0 saturated carbocycles. The fourth-order valence-electron chi connectivity index (χ4n) is 3.09. The summed E-state index contributed by atoms with van der Waals surface area (Å²) in [5.74, 6) is 1.68. The normalized spacial score (nSPS) is 16.3. The molecule has 0 aliphatic carbocycles. The van der Waals surface area contributed by atoms with Crippen LogP contribution in [0.3, 0.4) is 0 Å². The number of aryl methyl sites for hydroxylation is 1. The highest BCUT2D eigenvalue weighted by Crippen LogP contribution is 2.37. The number of nitrogens with zero attached hydrogens (tertiary/aromatic N) is 3. The first kappa shape index (κ1) is 16.4. The maximum Gasteiger partial charge on any atom is 0.249 e. The Hall–Kier alpha value is -3.06. The number of aromatic nitrogens is 3. The van der Waals surface area contributed by atoms with Crippen molar-refractivity contribution in [1.82, 2.24) is 14.8 Å². The van der Waals surface area contributed by atoms with E-state index in [2.05, 4.69) is 15.4 Å². The zero-order chi connectivity index (χ0) is 18.4. The van der Waals surface area contributed by atoms with Crippen LogP contribution in [0.15, 0.2) is 52.1 Å². The molecule has 1 atom stereocenters. The molecule has 2 aromatic heterocycles. The van der Waals surface area contributed by atoms with E-state index in [4.69, 9.17) is 21.8 Å². The quantitative estimate of drug-likeness (QED) is 0.738. The zero-order valence-corrected chi connectivity index (χ0v) is 14.9. The number of hydrogen-bond acceptors (Lipinski definition) is 5. The van der Waals surface area contributed by atoms with Gasteiger partial charge in [0.25, 0.3) is 0 Å². The first-order chi connectivity index (χ1) is 12.5. The van der Waals surface area contributed by atoms with Gasteiger partial charge in [-0.2, -0.15) is 4.98 Å². The van der Waals surface area contributed by atoms with Crippen molar-refractivity contribution in [2.24, 2.45) is 5.73 Å². The molecule has 4 rings (SSSR count). The van der Waals surface area contributed by atoms with E-state index in [1.54, 1.807) is 17.7 Å². The lowest BCUT2D eigenvalue weighted by Gasteiger charge is -2.25. The molecule has 3 N–H and O–H groups in total. The van der Waals surface area contributed by atoms with E-state index in [0.29, 0.717) is 39.4 Å². The standard InChI is InChI=1S/C18H16ClN5O2/c1-9-7-8-13(26-9)15-14(16(20)25)10(2)21-18-22-17(23-24(15)18)11-5-3-4-6-12(11)19/h3-8,15H,1-2H3,(H2,20,25)(H,21,22,23). The molecule has 1 aliphatic heterocycles. The molecule has 0 spiro atoms. The number of fused-ring (bicyclic) bond motifs is 1. The molecule has 26 heavy (non-hydrogen) atoms. The Kier molecular flexibility index (Phi) is 3.81. The third-order valence-electron chi connectivity index (χ3n) is 4.26. The second-order valence-electron chi connectivity index (χ2n) is 6.06. The number of halogens is 1. The smallest absolute Gasteiger partial charge is 0.249 e. The van der Waals surface area contributed by atoms with E-state index in [1.807, 2.05) is 37.3 Å². The lowest BCUT2D eigenvalue weighted by Crippen LogP contribution is -2.31. The molecule has 8 heteroatoms. The predicted molar refractivity (Wildman–Crippen MR) is 97.6 cm³/mol. The highest BCUT2D eigenvalue weighted by Gasteiger charge is 2.35. The Morgan fingerprint density at radius 3 is 2.69 bits per heavy atom. The van der Waals surface area contributed by atoms with Crippen LogP contribution in [0.25, 0.3) is 11.4 Å². The predicted octanol–water partition coefficient (Wildman–Crippen LogP) is 3.27.